The van der Waals surface area contributed by atoms with Crippen molar-refractivity contribution in [3.8, 4) is 17.6 Å². The highest BCUT2D eigenvalue weighted by Crippen LogP contribution is 2.35. The van der Waals surface area contributed by atoms with Gasteiger partial charge in [0, 0.05) is 86.9 Å². The van der Waals surface area contributed by atoms with E-state index in [1.54, 1.807) is 47.3 Å². The highest BCUT2D eigenvalue weighted by atomic mass is 32.1. The lowest BCUT2D eigenvalue weighted by Gasteiger charge is -2.33. The third kappa shape index (κ3) is 15.3. The number of aryl methyl sites for hydroxylation is 2. The lowest BCUT2D eigenvalue weighted by molar-refractivity contribution is -0.136. The number of thiazole rings is 2. The van der Waals surface area contributed by atoms with Crippen LogP contribution in [0.15, 0.2) is 85.1 Å². The molecule has 3 aromatic heterocycles. The molecule has 90 heavy (non-hydrogen) atoms. The van der Waals surface area contributed by atoms with Crippen LogP contribution in [0.25, 0.3) is 10.2 Å². The Labute approximate surface area is 524 Å². The first-order valence-corrected chi connectivity index (χ1v) is 31.3. The van der Waals surface area contributed by atoms with E-state index in [4.69, 9.17) is 18.9 Å². The number of imide groups is 2. The maximum Gasteiger partial charge on any atom is 0.355 e. The molecule has 4 aliphatic rings. The van der Waals surface area contributed by atoms with Gasteiger partial charge in [0.25, 0.3) is 17.7 Å². The molecular weight excluding hydrogens is 1200 g/mol. The highest BCUT2D eigenvalue weighted by molar-refractivity contribution is 7.22. The third-order valence-corrected chi connectivity index (χ3v) is 17.7. The molecule has 11 rings (SSSR count). The van der Waals surface area contributed by atoms with Crippen molar-refractivity contribution in [3.63, 3.8) is 0 Å². The number of amides is 6. The number of fused-ring (bicyclic) bond motifs is 3. The Morgan fingerprint density at radius 3 is 2.46 bits per heavy atom. The summed E-state index contributed by atoms with van der Waals surface area (Å²) in [5, 5.41) is 27.8. The number of carboxylic acid groups (broad SMARTS) is 1. The molecule has 0 saturated carbocycles. The first-order chi connectivity index (χ1) is 43.8. The second-order valence-corrected chi connectivity index (χ2v) is 23.7. The Morgan fingerprint density at radius 1 is 0.833 bits per heavy atom. The SMILES string of the molecule is O=C1CCC(N2C(=O)c3cccc(NCCOCCOCCOCc4cn(CCCC(=O)N5CCN(CC#Cc6ccc(OCCCc7sc(N8CCc9cccc(C(=O)Nc%10nc%11ccccc%11s%10)c9C8)nc7C(=O)O)c(F)c6)CC5)nn4)c3C2=O)C(=O)N1. The van der Waals surface area contributed by atoms with Crippen LogP contribution in [0.5, 0.6) is 5.75 Å². The van der Waals surface area contributed by atoms with E-state index in [0.717, 1.165) is 26.2 Å². The molecule has 6 amide bonds. The summed E-state index contributed by atoms with van der Waals surface area (Å²) in [7, 11) is 0. The summed E-state index contributed by atoms with van der Waals surface area (Å²) >= 11 is 2.71. The van der Waals surface area contributed by atoms with Crippen LogP contribution in [0.1, 0.15) is 101 Å². The lowest BCUT2D eigenvalue weighted by Crippen LogP contribution is -2.54. The molecule has 0 bridgehead atoms. The van der Waals surface area contributed by atoms with Crippen molar-refractivity contribution in [3.05, 3.63) is 141 Å². The highest BCUT2D eigenvalue weighted by Gasteiger charge is 2.45. The Kier molecular flexibility index (Phi) is 20.5. The minimum atomic E-state index is -1.14. The molecule has 4 aliphatic heterocycles. The van der Waals surface area contributed by atoms with Gasteiger partial charge in [-0.05, 0) is 91.8 Å². The number of para-hydroxylation sites is 1. The van der Waals surface area contributed by atoms with E-state index < -0.39 is 41.5 Å². The number of hydrogen-bond donors (Lipinski definition) is 4. The number of aromatic carboxylic acids is 1. The maximum absolute atomic E-state index is 15.2. The van der Waals surface area contributed by atoms with Crippen LogP contribution in [0.2, 0.25) is 0 Å². The molecule has 4 N–H and O–H groups in total. The number of nitrogens with one attached hydrogen (secondary N) is 3. The summed E-state index contributed by atoms with van der Waals surface area (Å²) in [4.78, 5) is 106. The van der Waals surface area contributed by atoms with E-state index in [1.165, 1.54) is 28.7 Å². The summed E-state index contributed by atoms with van der Waals surface area (Å²) in [6, 6.07) is 21.8. The number of anilines is 3. The lowest BCUT2D eigenvalue weighted by atomic mass is 9.94. The zero-order chi connectivity index (χ0) is 62.5. The molecule has 24 nitrogen and oxygen atoms in total. The van der Waals surface area contributed by atoms with E-state index >= 15 is 4.39 Å². The number of halogens is 1. The number of hydrogen-bond acceptors (Lipinski definition) is 20. The van der Waals surface area contributed by atoms with Gasteiger partial charge in [0.15, 0.2) is 27.5 Å². The fourth-order valence-corrected chi connectivity index (χ4v) is 13.0. The number of carboxylic acids is 1. The van der Waals surface area contributed by atoms with Crippen LogP contribution in [0.3, 0.4) is 0 Å². The predicted octanol–water partition coefficient (Wildman–Crippen LogP) is 6.05. The van der Waals surface area contributed by atoms with Crippen LogP contribution in [0, 0.1) is 17.7 Å². The van der Waals surface area contributed by atoms with Crippen molar-refractivity contribution in [2.75, 3.05) is 101 Å². The summed E-state index contributed by atoms with van der Waals surface area (Å²) in [5.74, 6) is 2.11. The van der Waals surface area contributed by atoms with Gasteiger partial charge in [0.1, 0.15) is 11.7 Å². The average Bonchev–Trinajstić information content (AvgIpc) is 1.87. The largest absolute Gasteiger partial charge is 0.491 e. The number of ether oxygens (including phenoxy) is 4. The standard InChI is InChI=1S/C63H65FN12O12S2/c64-46-36-40(17-19-50(46)88-30-7-15-52-56(61(83)84)68-63(90-52)74-25-21-41-9-3-10-43(45(41)38-74)57(79)69-62-66-47-12-1-2-14-51(47)89-62)8-5-23-72-26-28-73(29-27-72)54(78)16-6-24-75-37-42(70-71-75)39-87-35-34-86-33-32-85-31-22-65-48-13-4-11-44-55(48)60(82)76(59(44)81)49-18-20-53(77)67-58(49)80/h1-4,9-14,17,19,36-37,49,65H,6-7,15-16,18,20-35,38-39H2,(H,83,84)(H,66,69,79)(H,67,77,80). The normalized spacial score (nSPS) is 15.8. The van der Waals surface area contributed by atoms with Crippen LogP contribution in [-0.2, 0) is 61.1 Å². The number of rotatable bonds is 27. The number of carbonyl (C=O) groups is 7. The van der Waals surface area contributed by atoms with Gasteiger partial charge in [-0.3, -0.25) is 53.9 Å². The third-order valence-electron chi connectivity index (χ3n) is 15.6. The monoisotopic (exact) mass is 1260 g/mol. The van der Waals surface area contributed by atoms with Crippen molar-refractivity contribution in [2.45, 2.75) is 70.7 Å². The molecule has 0 aliphatic carbocycles. The molecule has 7 aromatic rings. The van der Waals surface area contributed by atoms with Crippen LogP contribution in [-0.4, -0.2) is 178 Å². The molecular formula is C63H65FN12O12S2. The van der Waals surface area contributed by atoms with Crippen molar-refractivity contribution < 1.29 is 62.0 Å². The van der Waals surface area contributed by atoms with Gasteiger partial charge in [-0.25, -0.2) is 19.2 Å². The molecule has 2 fully saturated rings. The molecule has 1 atom stereocenters. The first-order valence-electron chi connectivity index (χ1n) is 29.7. The molecule has 1 unspecified atom stereocenters. The van der Waals surface area contributed by atoms with Gasteiger partial charge in [0.2, 0.25) is 17.7 Å². The molecule has 0 radical (unpaired) electrons. The Hall–Kier alpha value is -9.04. The molecule has 4 aromatic carbocycles. The van der Waals surface area contributed by atoms with Crippen LogP contribution in [0.4, 0.5) is 20.3 Å². The summed E-state index contributed by atoms with van der Waals surface area (Å²) in [6.45, 7) is 6.80. The minimum Gasteiger partial charge on any atom is -0.491 e. The molecule has 7 heterocycles. The zero-order valence-corrected chi connectivity index (χ0v) is 50.7. The second-order valence-electron chi connectivity index (χ2n) is 21.6. The number of piperidine rings is 1. The van der Waals surface area contributed by atoms with Gasteiger partial charge in [-0.1, -0.05) is 58.7 Å². The van der Waals surface area contributed by atoms with E-state index in [2.05, 4.69) is 53.0 Å². The smallest absolute Gasteiger partial charge is 0.355 e. The number of piperazine rings is 1. The number of aromatic nitrogens is 5. The second kappa shape index (κ2) is 29.5. The van der Waals surface area contributed by atoms with Gasteiger partial charge in [0.05, 0.1) is 80.3 Å². The average molecular weight is 1270 g/mol. The quantitative estimate of drug-likeness (QED) is 0.0259. The number of benzene rings is 4. The fourth-order valence-electron chi connectivity index (χ4n) is 11.0. The number of nitrogens with zero attached hydrogens (tertiary/aromatic N) is 9. The number of carbonyl (C=O) groups excluding carboxylic acids is 6. The van der Waals surface area contributed by atoms with E-state index in [-0.39, 0.29) is 60.4 Å². The van der Waals surface area contributed by atoms with Crippen molar-refractivity contribution >= 4 is 90.3 Å². The van der Waals surface area contributed by atoms with Gasteiger partial charge in [-0.2, -0.15) is 0 Å². The zero-order valence-electron chi connectivity index (χ0n) is 49.1. The van der Waals surface area contributed by atoms with Crippen molar-refractivity contribution in [1.29, 1.82) is 0 Å². The van der Waals surface area contributed by atoms with E-state index in [1.807, 2.05) is 46.2 Å². The Balaban J connectivity index is 0.524. The minimum absolute atomic E-state index is 0.0305. The van der Waals surface area contributed by atoms with Crippen LogP contribution < -0.4 is 25.6 Å². The van der Waals surface area contributed by atoms with Crippen LogP contribution >= 0.6 is 22.7 Å². The van der Waals surface area contributed by atoms with E-state index in [0.29, 0.717) is 162 Å². The van der Waals surface area contributed by atoms with Crippen molar-refractivity contribution in [1.82, 2.24) is 45.0 Å². The topological polar surface area (TPSA) is 282 Å². The van der Waals surface area contributed by atoms with Crippen molar-refractivity contribution in [2.24, 2.45) is 0 Å². The Morgan fingerprint density at radius 2 is 1.64 bits per heavy atom. The van der Waals surface area contributed by atoms with Gasteiger partial charge in [-0.15, -0.1) is 16.4 Å². The maximum atomic E-state index is 15.2. The summed E-state index contributed by atoms with van der Waals surface area (Å²) < 4.78 is 40.6. The van der Waals surface area contributed by atoms with Gasteiger partial charge >= 0.3 is 5.97 Å². The molecule has 2 saturated heterocycles. The molecule has 27 heteroatoms. The fraction of sp³-hybridized carbons (Fsp3) is 0.381. The molecule has 468 valence electrons. The first kappa shape index (κ1) is 62.6. The summed E-state index contributed by atoms with van der Waals surface area (Å²) in [6.07, 6.45) is 4.32. The molecule has 0 spiro atoms. The Bertz CT molecular complexity index is 3860. The summed E-state index contributed by atoms with van der Waals surface area (Å²) in [5.41, 5.74) is 5.21. The van der Waals surface area contributed by atoms with Gasteiger partial charge < -0.3 is 39.2 Å². The van der Waals surface area contributed by atoms with E-state index in [9.17, 15) is 38.7 Å². The predicted molar refractivity (Wildman–Crippen MR) is 330 cm³/mol.